The van der Waals surface area contributed by atoms with Crippen LogP contribution in [-0.4, -0.2) is 287 Å². The van der Waals surface area contributed by atoms with Crippen LogP contribution >= 0.6 is 10.9 Å². The summed E-state index contributed by atoms with van der Waals surface area (Å²) >= 11 is 0. The van der Waals surface area contributed by atoms with Gasteiger partial charge in [-0.2, -0.15) is 0 Å². The number of nitrogens with two attached hydrogens (primary N) is 5. The van der Waals surface area contributed by atoms with Crippen molar-refractivity contribution in [2.45, 2.75) is 228 Å². The van der Waals surface area contributed by atoms with Crippen LogP contribution in [0.3, 0.4) is 0 Å². The lowest BCUT2D eigenvalue weighted by Gasteiger charge is -2.34. The number of Topliss-reactive ketones (excluding diaryl/α,β-unsaturated/α-hetero) is 1. The molecule has 2 aromatic rings. The summed E-state index contributed by atoms with van der Waals surface area (Å²) in [5.41, 5.74) is 31.4. The fraction of sp³-hybridized carbons (Fsp3) is 0.679. The van der Waals surface area contributed by atoms with Gasteiger partial charge in [-0.05, 0) is 152 Å². The lowest BCUT2D eigenvalue weighted by atomic mass is 9.90. The third-order valence-electron chi connectivity index (χ3n) is 20.3. The van der Waals surface area contributed by atoms with Gasteiger partial charge in [0.15, 0.2) is 5.78 Å². The molecule has 2 aliphatic rings. The largest absolute Gasteiger partial charge is 0.391 e. The summed E-state index contributed by atoms with van der Waals surface area (Å²) in [6.07, 6.45) is 2.00. The van der Waals surface area contributed by atoms with Crippen molar-refractivity contribution < 1.29 is 96.3 Å². The molecule has 0 saturated carbocycles. The summed E-state index contributed by atoms with van der Waals surface area (Å²) in [4.78, 5) is 197. The fourth-order valence-corrected chi connectivity index (χ4v) is 15.0. The molecule has 676 valence electrons. The summed E-state index contributed by atoms with van der Waals surface area (Å²) in [5, 5.41) is 56.2. The van der Waals surface area contributed by atoms with Crippen molar-refractivity contribution in [2.75, 3.05) is 111 Å². The van der Waals surface area contributed by atoms with E-state index in [2.05, 4.69) is 82.3 Å². The molecule has 2 fully saturated rings. The fourth-order valence-electron chi connectivity index (χ4n) is 13.3. The van der Waals surface area contributed by atoms with Crippen molar-refractivity contribution in [3.05, 3.63) is 71.3 Å². The number of amides is 13. The van der Waals surface area contributed by atoms with Gasteiger partial charge in [-0.3, -0.25) is 78.0 Å². The van der Waals surface area contributed by atoms with E-state index >= 15 is 0 Å². The van der Waals surface area contributed by atoms with Crippen LogP contribution in [-0.2, 0) is 82.9 Å². The smallest absolute Gasteiger partial charge is 0.251 e. The highest BCUT2D eigenvalue weighted by Crippen LogP contribution is 2.40. The Kier molecular flexibility index (Phi) is 49.5. The second-order valence-corrected chi connectivity index (χ2v) is 33.5. The number of rotatable bonds is 48. The Morgan fingerprint density at radius 2 is 1.02 bits per heavy atom. The molecule has 0 radical (unpaired) electrons. The predicted molar refractivity (Wildman–Crippen MR) is 452 cm³/mol. The number of hydrogen-bond acceptors (Lipinski definition) is 25. The van der Waals surface area contributed by atoms with Crippen LogP contribution in [0, 0.1) is 11.8 Å². The average molecular weight is 1710 g/mol. The zero-order valence-corrected chi connectivity index (χ0v) is 71.5. The van der Waals surface area contributed by atoms with Gasteiger partial charge >= 0.3 is 0 Å². The topological polar surface area (TPSA) is 603 Å². The Labute approximate surface area is 706 Å². The van der Waals surface area contributed by atoms with E-state index in [9.17, 15) is 77.3 Å². The molecule has 0 aromatic heterocycles. The first-order valence-electron chi connectivity index (χ1n) is 41.8. The number of thiol groups is 1. The van der Waals surface area contributed by atoms with Crippen LogP contribution in [0.5, 0.6) is 0 Å². The molecule has 16 atom stereocenters. The number of carbonyl (C=O) groups is 14. The van der Waals surface area contributed by atoms with Crippen molar-refractivity contribution in [3.8, 4) is 0 Å². The molecular formula is C81H136N18O20S. The molecule has 0 spiro atoms. The third kappa shape index (κ3) is 38.0. The van der Waals surface area contributed by atoms with Crippen molar-refractivity contribution >= 4 is 93.5 Å². The highest BCUT2D eigenvalue weighted by molar-refractivity contribution is 8.17. The molecule has 120 heavy (non-hydrogen) atoms. The molecule has 0 aliphatic carbocycles. The van der Waals surface area contributed by atoms with Gasteiger partial charge < -0.3 is 127 Å². The highest BCUT2D eigenvalue weighted by atomic mass is 32.2. The van der Waals surface area contributed by atoms with E-state index in [0.29, 0.717) is 28.4 Å². The first-order valence-corrected chi connectivity index (χ1v) is 43.9. The van der Waals surface area contributed by atoms with E-state index in [-0.39, 0.29) is 184 Å². The van der Waals surface area contributed by atoms with E-state index in [1.165, 1.54) is 6.92 Å². The second kappa shape index (κ2) is 57.4. The first-order chi connectivity index (χ1) is 57.4. The van der Waals surface area contributed by atoms with Gasteiger partial charge in [0.2, 0.25) is 70.9 Å². The maximum Gasteiger partial charge on any atom is 0.251 e. The minimum absolute atomic E-state index is 0.0202. The lowest BCUT2D eigenvalue weighted by Crippen LogP contribution is -2.62. The molecule has 4 rings (SSSR count). The zero-order valence-electron chi connectivity index (χ0n) is 70.6. The van der Waals surface area contributed by atoms with Crippen LogP contribution in [0.4, 0.5) is 0 Å². The van der Waals surface area contributed by atoms with Gasteiger partial charge in [0, 0.05) is 43.0 Å². The molecule has 2 aliphatic heterocycles. The number of ether oxygens (including phenoxy) is 4. The maximum absolute atomic E-state index is 14.8. The third-order valence-corrected chi connectivity index (χ3v) is 23.0. The molecule has 2 aromatic carbocycles. The van der Waals surface area contributed by atoms with Crippen LogP contribution in [0.2, 0.25) is 0 Å². The first kappa shape index (κ1) is 103. The van der Waals surface area contributed by atoms with Gasteiger partial charge in [0.25, 0.3) is 5.91 Å². The van der Waals surface area contributed by atoms with Gasteiger partial charge in [-0.1, -0.05) is 95.8 Å². The lowest BCUT2D eigenvalue weighted by molar-refractivity contribution is -0.137. The van der Waals surface area contributed by atoms with Gasteiger partial charge in [-0.25, -0.2) is 0 Å². The van der Waals surface area contributed by atoms with Crippen LogP contribution in [0.1, 0.15) is 164 Å². The Balaban J connectivity index is 1.41. The molecule has 25 N–H and O–H groups in total. The quantitative estimate of drug-likeness (QED) is 0.0171. The number of nitrogens with one attached hydrogen (secondary N) is 13. The van der Waals surface area contributed by atoms with Crippen LogP contribution in [0.15, 0.2) is 54.6 Å². The van der Waals surface area contributed by atoms with E-state index in [0.717, 1.165) is 44.8 Å². The SMILES string of the molecule is CCCCCC[C@H](NC(=O)CCOCCOCCOCCOCCNC(=O)c1ccc(C(=O)C2CC[SH](C)C(C)C2)cc1)C(=O)N[C@@H](CCN)C(=O)N[C@H](C(=O)N[C@@H](CCN)C(=O)N[C@H]1CCNC(=O)[C@H]([C@@H](C)O)NC(=O)[C@H](CCN)NC(=O)[C@H](CCN)NC(=O)[C@H](CC(C)C)NC(=O)[C@@H](Cc2ccccc2)NC(=O)[C@H](CCN)NC1=O)[C@@H](C)O. The Hall–Kier alpha value is -8.87. The Morgan fingerprint density at radius 1 is 0.525 bits per heavy atom. The number of benzene rings is 2. The predicted octanol–water partition coefficient (Wildman–Crippen LogP) is -3.90. The van der Waals surface area contributed by atoms with Gasteiger partial charge in [-0.15, -0.1) is 0 Å². The molecule has 13 amide bonds. The van der Waals surface area contributed by atoms with E-state index in [1.54, 1.807) is 68.4 Å². The summed E-state index contributed by atoms with van der Waals surface area (Å²) in [6.45, 7) is 10.6. The zero-order chi connectivity index (χ0) is 88.6. The van der Waals surface area contributed by atoms with Crippen LogP contribution in [0.25, 0.3) is 0 Å². The number of hydrogen-bond donors (Lipinski definition) is 21. The Morgan fingerprint density at radius 3 is 1.56 bits per heavy atom. The number of ketones is 1. The number of aliphatic hydroxyl groups is 2. The minimum Gasteiger partial charge on any atom is -0.391 e. The normalized spacial score (nSPS) is 22.4. The van der Waals surface area contributed by atoms with Crippen molar-refractivity contribution in [2.24, 2.45) is 40.5 Å². The highest BCUT2D eigenvalue weighted by Gasteiger charge is 2.39. The molecule has 0 bridgehead atoms. The van der Waals surface area contributed by atoms with E-state index < -0.39 is 163 Å². The van der Waals surface area contributed by atoms with Crippen molar-refractivity contribution in [3.63, 3.8) is 0 Å². The second-order valence-electron chi connectivity index (χ2n) is 30.6. The van der Waals surface area contributed by atoms with Crippen molar-refractivity contribution in [1.82, 2.24) is 69.1 Å². The summed E-state index contributed by atoms with van der Waals surface area (Å²) in [6, 6.07) is -1.42. The Bertz CT molecular complexity index is 3540. The minimum atomic E-state index is -1.84. The summed E-state index contributed by atoms with van der Waals surface area (Å²) < 4.78 is 22.4. The molecular weight excluding hydrogens is 1580 g/mol. The number of aliphatic hydroxyl groups excluding tert-OH is 2. The maximum atomic E-state index is 14.8. The monoisotopic (exact) mass is 1710 g/mol. The van der Waals surface area contributed by atoms with Gasteiger partial charge in [0.05, 0.1) is 65.1 Å². The van der Waals surface area contributed by atoms with Crippen molar-refractivity contribution in [1.29, 1.82) is 0 Å². The van der Waals surface area contributed by atoms with Crippen LogP contribution < -0.4 is 97.8 Å². The molecule has 2 heterocycles. The number of carbonyl (C=O) groups excluding carboxylic acids is 14. The molecule has 39 heteroatoms. The molecule has 38 nitrogen and oxygen atoms in total. The number of unbranched alkanes of at least 4 members (excludes halogenated alkanes) is 3. The molecule has 2 saturated heterocycles. The summed E-state index contributed by atoms with van der Waals surface area (Å²) in [5.74, 6) is -10.3. The van der Waals surface area contributed by atoms with Gasteiger partial charge in [0.1, 0.15) is 66.5 Å². The average Bonchev–Trinajstić information content (AvgIpc) is 0.889. The standard InChI is InChI=1S/C81H136N18O20S/c1-8-9-10-14-17-57(89-66(102)28-37-116-39-41-118-43-44-119-42-40-117-38-36-88-70(104)55-20-18-54(19-21-55)69(103)56-29-45-120(7)50(4)47-56)71(105)91-62(26-34-86)77(111)99-68(52(6)101)81(115)95-60(24-32-84)73(107)94-63-27-35-87-80(114)67(51(5)100)98-76(110)61(25-33-85)92-72(106)58(22-30-82)93-78(112)64(46-49(2)3)96-79(113)65(48-53-15-12-11-13-16-53)97-74(108)59(23-31-83)90-75(63)109/h11-13,15-16,18-21,49-52,56-65,67-68,100-101,120H,8-10,14,17,22-48,82-86H2,1-7H3,(H,87,114)(H,88,104)(H,89,102)(H,90,109)(H,91,105)(H,92,106)(H,93,112)(H,94,107)(H,95,115)(H,96,113)(H,97,108)(H,98,110)(H,99,111)/t50?,51-,52-,56?,57+,58+,59+,60+,61+,62+,63+,64+,65-,67+,68+/m1/s1. The van der Waals surface area contributed by atoms with E-state index in [1.807, 2.05) is 6.92 Å². The van der Waals surface area contributed by atoms with E-state index in [4.69, 9.17) is 47.6 Å². The summed E-state index contributed by atoms with van der Waals surface area (Å²) in [7, 11) is -0.0249. The molecule has 3 unspecified atom stereocenters.